The van der Waals surface area contributed by atoms with Gasteiger partial charge in [-0.05, 0) is 25.0 Å². The lowest BCUT2D eigenvalue weighted by molar-refractivity contribution is -0.135. The van der Waals surface area contributed by atoms with E-state index in [1.165, 1.54) is 6.07 Å². The molecule has 0 aromatic heterocycles. The van der Waals surface area contributed by atoms with Crippen LogP contribution in [0.1, 0.15) is 29.6 Å². The van der Waals surface area contributed by atoms with Gasteiger partial charge in [0, 0.05) is 13.0 Å². The first kappa shape index (κ1) is 15.4. The van der Waals surface area contributed by atoms with Gasteiger partial charge in [-0.3, -0.25) is 4.79 Å². The molecule has 0 saturated carbocycles. The number of unbranched alkanes of at least 4 members (excludes halogenated alkanes) is 1. The molecule has 7 heteroatoms. The van der Waals surface area contributed by atoms with E-state index in [0.29, 0.717) is 0 Å². The molecular weight excluding hydrogens is 269 g/mol. The average molecular weight is 281 g/mol. The van der Waals surface area contributed by atoms with Crippen molar-refractivity contribution in [3.63, 3.8) is 0 Å². The normalized spacial score (nSPS) is 11.4. The summed E-state index contributed by atoms with van der Waals surface area (Å²) in [4.78, 5) is 11.4. The average Bonchev–Trinajstić information content (AvgIpc) is 2.30. The molecule has 2 nitrogen and oxygen atoms in total. The number of carbonyl (C=O) groups excluding carboxylic acids is 1. The minimum absolute atomic E-state index is 0.0229. The van der Waals surface area contributed by atoms with Crippen molar-refractivity contribution in [2.45, 2.75) is 25.4 Å². The summed E-state index contributed by atoms with van der Waals surface area (Å²) >= 11 is 0. The van der Waals surface area contributed by atoms with Gasteiger partial charge in [0.1, 0.15) is 0 Å². The monoisotopic (exact) mass is 281 g/mol. The summed E-state index contributed by atoms with van der Waals surface area (Å²) in [7, 11) is 0. The quantitative estimate of drug-likeness (QED) is 0.650. The van der Waals surface area contributed by atoms with Crippen molar-refractivity contribution >= 4 is 5.91 Å². The Kier molecular flexibility index (Phi) is 5.26. The number of halogens is 5. The molecular formula is C12H12F5NO. The number of nitrogens with one attached hydrogen (secondary N) is 1. The third-order valence-electron chi connectivity index (χ3n) is 2.37. The van der Waals surface area contributed by atoms with Crippen LogP contribution in [-0.4, -0.2) is 18.6 Å². The van der Waals surface area contributed by atoms with Crippen molar-refractivity contribution in [1.82, 2.24) is 5.32 Å². The third-order valence-corrected chi connectivity index (χ3v) is 2.37. The van der Waals surface area contributed by atoms with E-state index in [-0.39, 0.29) is 19.4 Å². The van der Waals surface area contributed by atoms with Gasteiger partial charge in [0.2, 0.25) is 0 Å². The lowest BCUT2D eigenvalue weighted by Gasteiger charge is -2.08. The van der Waals surface area contributed by atoms with E-state index >= 15 is 0 Å². The zero-order chi connectivity index (χ0) is 14.5. The summed E-state index contributed by atoms with van der Waals surface area (Å²) < 4.78 is 61.5. The standard InChI is InChI=1S/C12H12F5NO/c13-9-5-3-4-8(10(9)14)11(19)18-7-2-1-6-12(15,16)17/h3-5H,1-2,6-7H2,(H,18,19). The summed E-state index contributed by atoms with van der Waals surface area (Å²) in [5.41, 5.74) is -0.462. The topological polar surface area (TPSA) is 29.1 Å². The number of alkyl halides is 3. The first-order valence-electron chi connectivity index (χ1n) is 5.60. The molecule has 1 rings (SSSR count). The van der Waals surface area contributed by atoms with Gasteiger partial charge >= 0.3 is 6.18 Å². The summed E-state index contributed by atoms with van der Waals surface area (Å²) in [6.07, 6.45) is -5.17. The Morgan fingerprint density at radius 2 is 1.84 bits per heavy atom. The van der Waals surface area contributed by atoms with Crippen LogP contribution < -0.4 is 5.32 Å². The molecule has 0 aliphatic heterocycles. The lowest BCUT2D eigenvalue weighted by atomic mass is 10.2. The van der Waals surface area contributed by atoms with E-state index in [1.807, 2.05) is 0 Å². The van der Waals surface area contributed by atoms with Gasteiger partial charge < -0.3 is 5.32 Å². The van der Waals surface area contributed by atoms with Gasteiger partial charge in [-0.25, -0.2) is 8.78 Å². The second-order valence-electron chi connectivity index (χ2n) is 3.93. The van der Waals surface area contributed by atoms with Gasteiger partial charge in [-0.1, -0.05) is 6.07 Å². The molecule has 1 amide bonds. The number of hydrogen-bond donors (Lipinski definition) is 1. The highest BCUT2D eigenvalue weighted by Gasteiger charge is 2.25. The summed E-state index contributed by atoms with van der Waals surface area (Å²) in [6, 6.07) is 3.15. The highest BCUT2D eigenvalue weighted by Crippen LogP contribution is 2.21. The maximum atomic E-state index is 13.2. The highest BCUT2D eigenvalue weighted by molar-refractivity contribution is 5.94. The fraction of sp³-hybridized carbons (Fsp3) is 0.417. The number of hydrogen-bond acceptors (Lipinski definition) is 1. The maximum absolute atomic E-state index is 13.2. The van der Waals surface area contributed by atoms with Gasteiger partial charge in [0.15, 0.2) is 11.6 Å². The molecule has 0 heterocycles. The molecule has 1 aromatic carbocycles. The molecule has 0 spiro atoms. The van der Waals surface area contributed by atoms with Gasteiger partial charge in [0.05, 0.1) is 5.56 Å². The molecule has 0 radical (unpaired) electrons. The van der Waals surface area contributed by atoms with E-state index in [0.717, 1.165) is 12.1 Å². The van der Waals surface area contributed by atoms with Crippen LogP contribution in [0.4, 0.5) is 22.0 Å². The lowest BCUT2D eigenvalue weighted by Crippen LogP contribution is -2.26. The molecule has 0 saturated heterocycles. The van der Waals surface area contributed by atoms with Crippen molar-refractivity contribution in [1.29, 1.82) is 0 Å². The predicted molar refractivity (Wildman–Crippen MR) is 58.6 cm³/mol. The van der Waals surface area contributed by atoms with Crippen LogP contribution in [0, 0.1) is 11.6 Å². The zero-order valence-electron chi connectivity index (χ0n) is 9.86. The second kappa shape index (κ2) is 6.49. The van der Waals surface area contributed by atoms with Crippen LogP contribution in [0.3, 0.4) is 0 Å². The van der Waals surface area contributed by atoms with Gasteiger partial charge in [0.25, 0.3) is 5.91 Å². The van der Waals surface area contributed by atoms with E-state index in [2.05, 4.69) is 5.32 Å². The Morgan fingerprint density at radius 3 is 2.47 bits per heavy atom. The third kappa shape index (κ3) is 5.23. The van der Waals surface area contributed by atoms with Crippen LogP contribution in [-0.2, 0) is 0 Å². The first-order valence-corrected chi connectivity index (χ1v) is 5.60. The molecule has 0 aliphatic carbocycles. The predicted octanol–water partition coefficient (Wildman–Crippen LogP) is 3.43. The molecule has 19 heavy (non-hydrogen) atoms. The Hall–Kier alpha value is -1.66. The van der Waals surface area contributed by atoms with E-state index < -0.39 is 35.7 Å². The fourth-order valence-corrected chi connectivity index (χ4v) is 1.43. The van der Waals surface area contributed by atoms with Crippen molar-refractivity contribution < 1.29 is 26.7 Å². The SMILES string of the molecule is O=C(NCCCCC(F)(F)F)c1cccc(F)c1F. The Balaban J connectivity index is 2.38. The smallest absolute Gasteiger partial charge is 0.352 e. The van der Waals surface area contributed by atoms with Crippen LogP contribution in [0.25, 0.3) is 0 Å². The van der Waals surface area contributed by atoms with E-state index in [4.69, 9.17) is 0 Å². The van der Waals surface area contributed by atoms with E-state index in [1.54, 1.807) is 0 Å². The summed E-state index contributed by atoms with van der Waals surface area (Å²) in [6.45, 7) is -0.0229. The summed E-state index contributed by atoms with van der Waals surface area (Å²) in [5, 5.41) is 2.24. The van der Waals surface area contributed by atoms with Gasteiger partial charge in [-0.2, -0.15) is 13.2 Å². The Morgan fingerprint density at radius 1 is 1.16 bits per heavy atom. The van der Waals surface area contributed by atoms with Gasteiger partial charge in [-0.15, -0.1) is 0 Å². The first-order chi connectivity index (χ1) is 8.81. The van der Waals surface area contributed by atoms with Crippen molar-refractivity contribution in [3.05, 3.63) is 35.4 Å². The summed E-state index contributed by atoms with van der Waals surface area (Å²) in [5.74, 6) is -3.26. The van der Waals surface area contributed by atoms with Crippen LogP contribution in [0.15, 0.2) is 18.2 Å². The molecule has 0 bridgehead atoms. The number of carbonyl (C=O) groups is 1. The van der Waals surface area contributed by atoms with Crippen molar-refractivity contribution in [2.24, 2.45) is 0 Å². The second-order valence-corrected chi connectivity index (χ2v) is 3.93. The van der Waals surface area contributed by atoms with Crippen LogP contribution in [0.5, 0.6) is 0 Å². The molecule has 1 N–H and O–H groups in total. The highest BCUT2D eigenvalue weighted by atomic mass is 19.4. The largest absolute Gasteiger partial charge is 0.389 e. The minimum atomic E-state index is -4.22. The number of benzene rings is 1. The van der Waals surface area contributed by atoms with Crippen molar-refractivity contribution in [2.75, 3.05) is 6.54 Å². The molecule has 0 aliphatic rings. The molecule has 0 unspecified atom stereocenters. The molecule has 0 atom stereocenters. The van der Waals surface area contributed by atoms with Crippen LogP contribution >= 0.6 is 0 Å². The number of rotatable bonds is 5. The van der Waals surface area contributed by atoms with Crippen molar-refractivity contribution in [3.8, 4) is 0 Å². The maximum Gasteiger partial charge on any atom is 0.389 e. The Labute approximate surface area is 106 Å². The Bertz CT molecular complexity index is 444. The number of amides is 1. The molecule has 0 fully saturated rings. The zero-order valence-corrected chi connectivity index (χ0v) is 9.86. The molecule has 1 aromatic rings. The molecule has 106 valence electrons. The van der Waals surface area contributed by atoms with E-state index in [9.17, 15) is 26.7 Å². The minimum Gasteiger partial charge on any atom is -0.352 e. The van der Waals surface area contributed by atoms with Crippen LogP contribution in [0.2, 0.25) is 0 Å². The fourth-order valence-electron chi connectivity index (χ4n) is 1.43.